The molecule has 0 aromatic heterocycles. The van der Waals surface area contributed by atoms with E-state index in [-0.39, 0.29) is 12.2 Å². The molecule has 2 aromatic rings. The van der Waals surface area contributed by atoms with Crippen molar-refractivity contribution < 1.29 is 14.0 Å². The molecule has 3 rings (SSSR count). The van der Waals surface area contributed by atoms with Crippen molar-refractivity contribution in [3.05, 3.63) is 58.9 Å². The van der Waals surface area contributed by atoms with Crippen LogP contribution < -0.4 is 21.3 Å². The Balaban J connectivity index is 1.53. The summed E-state index contributed by atoms with van der Waals surface area (Å²) in [5.41, 5.74) is 3.32. The Bertz CT molecular complexity index is 838. The summed E-state index contributed by atoms with van der Waals surface area (Å²) in [4.78, 5) is 23.9. The Kier molecular flexibility index (Phi) is 5.48. The SMILES string of the molecule is Cc1cccc(NC(=O)NCC(=O)Nc2ccc3c(c2F)CCNC3)c1. The van der Waals surface area contributed by atoms with Gasteiger partial charge in [0.2, 0.25) is 5.91 Å². The van der Waals surface area contributed by atoms with Crippen LogP contribution in [0.3, 0.4) is 0 Å². The van der Waals surface area contributed by atoms with E-state index in [1.54, 1.807) is 18.2 Å². The molecule has 1 aliphatic rings. The van der Waals surface area contributed by atoms with Crippen molar-refractivity contribution in [2.45, 2.75) is 19.9 Å². The van der Waals surface area contributed by atoms with Crippen LogP contribution in [0.1, 0.15) is 16.7 Å². The molecule has 0 unspecified atom stereocenters. The van der Waals surface area contributed by atoms with Crippen molar-refractivity contribution in [2.75, 3.05) is 23.7 Å². The second-order valence-corrected chi connectivity index (χ2v) is 6.22. The summed E-state index contributed by atoms with van der Waals surface area (Å²) in [6.45, 7) is 3.00. The normalized spacial score (nSPS) is 12.8. The van der Waals surface area contributed by atoms with Gasteiger partial charge in [-0.15, -0.1) is 0 Å². The van der Waals surface area contributed by atoms with E-state index in [1.165, 1.54) is 0 Å². The van der Waals surface area contributed by atoms with Gasteiger partial charge in [-0.1, -0.05) is 18.2 Å². The maximum absolute atomic E-state index is 14.5. The number of urea groups is 1. The molecule has 0 saturated carbocycles. The van der Waals surface area contributed by atoms with Gasteiger partial charge < -0.3 is 21.3 Å². The van der Waals surface area contributed by atoms with Crippen molar-refractivity contribution in [1.82, 2.24) is 10.6 Å². The van der Waals surface area contributed by atoms with E-state index in [2.05, 4.69) is 21.3 Å². The number of halogens is 1. The first-order chi connectivity index (χ1) is 12.5. The fourth-order valence-electron chi connectivity index (χ4n) is 2.88. The minimum absolute atomic E-state index is 0.136. The summed E-state index contributed by atoms with van der Waals surface area (Å²) >= 11 is 0. The molecule has 1 heterocycles. The number of hydrogen-bond acceptors (Lipinski definition) is 3. The third kappa shape index (κ3) is 4.37. The maximum atomic E-state index is 14.5. The number of aryl methyl sites for hydroxylation is 1. The molecule has 0 aliphatic carbocycles. The Morgan fingerprint density at radius 1 is 1.19 bits per heavy atom. The Labute approximate surface area is 151 Å². The molecular weight excluding hydrogens is 335 g/mol. The average Bonchev–Trinajstić information content (AvgIpc) is 2.63. The number of carbonyl (C=O) groups excluding carboxylic acids is 2. The van der Waals surface area contributed by atoms with Gasteiger partial charge in [0.15, 0.2) is 0 Å². The van der Waals surface area contributed by atoms with Gasteiger partial charge in [0, 0.05) is 12.2 Å². The lowest BCUT2D eigenvalue weighted by molar-refractivity contribution is -0.115. The number of rotatable bonds is 4. The molecule has 26 heavy (non-hydrogen) atoms. The van der Waals surface area contributed by atoms with Gasteiger partial charge in [0.1, 0.15) is 5.82 Å². The van der Waals surface area contributed by atoms with Crippen LogP contribution in [0, 0.1) is 12.7 Å². The molecule has 7 heteroatoms. The van der Waals surface area contributed by atoms with Crippen LogP contribution in [0.2, 0.25) is 0 Å². The van der Waals surface area contributed by atoms with E-state index < -0.39 is 17.8 Å². The minimum Gasteiger partial charge on any atom is -0.329 e. The molecule has 6 nitrogen and oxygen atoms in total. The molecule has 3 amide bonds. The number of nitrogens with one attached hydrogen (secondary N) is 4. The van der Waals surface area contributed by atoms with Crippen molar-refractivity contribution >= 4 is 23.3 Å². The van der Waals surface area contributed by atoms with Gasteiger partial charge in [-0.25, -0.2) is 9.18 Å². The van der Waals surface area contributed by atoms with Crippen LogP contribution in [-0.4, -0.2) is 25.0 Å². The number of fused-ring (bicyclic) bond motifs is 1. The lowest BCUT2D eigenvalue weighted by Gasteiger charge is -2.19. The summed E-state index contributed by atoms with van der Waals surface area (Å²) in [6.07, 6.45) is 0.585. The predicted octanol–water partition coefficient (Wildman–Crippen LogP) is 2.54. The maximum Gasteiger partial charge on any atom is 0.319 e. The van der Waals surface area contributed by atoms with E-state index in [9.17, 15) is 14.0 Å². The first-order valence-electron chi connectivity index (χ1n) is 8.45. The Morgan fingerprint density at radius 2 is 2.04 bits per heavy atom. The fourth-order valence-corrected chi connectivity index (χ4v) is 2.88. The molecule has 0 saturated heterocycles. The van der Waals surface area contributed by atoms with Crippen LogP contribution in [0.4, 0.5) is 20.6 Å². The zero-order valence-corrected chi connectivity index (χ0v) is 14.5. The van der Waals surface area contributed by atoms with Gasteiger partial charge in [0.25, 0.3) is 0 Å². The van der Waals surface area contributed by atoms with Crippen LogP contribution >= 0.6 is 0 Å². The standard InChI is InChI=1S/C19H21FN4O2/c1-12-3-2-4-14(9-12)23-19(26)22-11-17(25)24-16-6-5-13-10-21-8-7-15(13)18(16)20/h2-6,9,21H,7-8,10-11H2,1H3,(H,24,25)(H2,22,23,26). The topological polar surface area (TPSA) is 82.3 Å². The van der Waals surface area contributed by atoms with Crippen LogP contribution in [-0.2, 0) is 17.8 Å². The van der Waals surface area contributed by atoms with E-state index in [0.717, 1.165) is 11.1 Å². The molecule has 0 radical (unpaired) electrons. The van der Waals surface area contributed by atoms with Gasteiger partial charge in [-0.2, -0.15) is 0 Å². The summed E-state index contributed by atoms with van der Waals surface area (Å²) in [7, 11) is 0. The minimum atomic E-state index is -0.497. The molecule has 0 spiro atoms. The molecule has 0 fully saturated rings. The highest BCUT2D eigenvalue weighted by Gasteiger charge is 2.17. The summed E-state index contributed by atoms with van der Waals surface area (Å²) in [6, 6.07) is 10.2. The smallest absolute Gasteiger partial charge is 0.319 e. The summed E-state index contributed by atoms with van der Waals surface area (Å²) < 4.78 is 14.5. The molecule has 1 aliphatic heterocycles. The predicted molar refractivity (Wildman–Crippen MR) is 98.6 cm³/mol. The van der Waals surface area contributed by atoms with Crippen LogP contribution in [0.15, 0.2) is 36.4 Å². The molecule has 136 valence electrons. The number of anilines is 2. The van der Waals surface area contributed by atoms with Crippen molar-refractivity contribution in [3.63, 3.8) is 0 Å². The monoisotopic (exact) mass is 356 g/mol. The largest absolute Gasteiger partial charge is 0.329 e. The fraction of sp³-hybridized carbons (Fsp3) is 0.263. The number of hydrogen-bond donors (Lipinski definition) is 4. The van der Waals surface area contributed by atoms with E-state index in [0.29, 0.717) is 30.8 Å². The Morgan fingerprint density at radius 3 is 2.85 bits per heavy atom. The first kappa shape index (κ1) is 17.9. The molecule has 4 N–H and O–H groups in total. The molecule has 0 atom stereocenters. The summed E-state index contributed by atoms with van der Waals surface area (Å²) in [5.74, 6) is -0.890. The first-order valence-corrected chi connectivity index (χ1v) is 8.45. The van der Waals surface area contributed by atoms with Gasteiger partial charge >= 0.3 is 6.03 Å². The van der Waals surface area contributed by atoms with Crippen LogP contribution in [0.25, 0.3) is 0 Å². The second-order valence-electron chi connectivity index (χ2n) is 6.22. The lowest BCUT2D eigenvalue weighted by Crippen LogP contribution is -2.36. The highest BCUT2D eigenvalue weighted by molar-refractivity contribution is 5.97. The second kappa shape index (κ2) is 7.97. The van der Waals surface area contributed by atoms with E-state index in [4.69, 9.17) is 0 Å². The molecule has 2 aromatic carbocycles. The molecular formula is C19H21FN4O2. The third-order valence-electron chi connectivity index (χ3n) is 4.17. The molecule has 0 bridgehead atoms. The highest BCUT2D eigenvalue weighted by atomic mass is 19.1. The van der Waals surface area contributed by atoms with Gasteiger partial charge in [0.05, 0.1) is 12.2 Å². The lowest BCUT2D eigenvalue weighted by atomic mass is 9.99. The van der Waals surface area contributed by atoms with E-state index >= 15 is 0 Å². The van der Waals surface area contributed by atoms with Gasteiger partial charge in [-0.3, -0.25) is 4.79 Å². The van der Waals surface area contributed by atoms with Crippen molar-refractivity contribution in [1.29, 1.82) is 0 Å². The Hall–Kier alpha value is -2.93. The quantitative estimate of drug-likeness (QED) is 0.679. The van der Waals surface area contributed by atoms with E-state index in [1.807, 2.05) is 25.1 Å². The van der Waals surface area contributed by atoms with Gasteiger partial charge in [-0.05, 0) is 54.8 Å². The van der Waals surface area contributed by atoms with Crippen molar-refractivity contribution in [2.24, 2.45) is 0 Å². The number of benzene rings is 2. The summed E-state index contributed by atoms with van der Waals surface area (Å²) in [5, 5.41) is 10.8. The van der Waals surface area contributed by atoms with Crippen molar-refractivity contribution in [3.8, 4) is 0 Å². The zero-order valence-electron chi connectivity index (χ0n) is 14.5. The zero-order chi connectivity index (χ0) is 18.5. The number of carbonyl (C=O) groups is 2. The highest BCUT2D eigenvalue weighted by Crippen LogP contribution is 2.24. The number of amides is 3. The third-order valence-corrected chi connectivity index (χ3v) is 4.17. The van der Waals surface area contributed by atoms with Crippen LogP contribution in [0.5, 0.6) is 0 Å². The average molecular weight is 356 g/mol.